The molecule has 1 rings (SSSR count). The van der Waals surface area contributed by atoms with E-state index in [1.54, 1.807) is 6.20 Å². The molecule has 88 valence electrons. The molecule has 0 aliphatic carbocycles. The predicted octanol–water partition coefficient (Wildman–Crippen LogP) is 2.08. The summed E-state index contributed by atoms with van der Waals surface area (Å²) in [6.45, 7) is 6.00. The summed E-state index contributed by atoms with van der Waals surface area (Å²) >= 11 is 0. The number of hydrogen-bond donors (Lipinski definition) is 1. The van der Waals surface area contributed by atoms with Gasteiger partial charge in [-0.05, 0) is 32.4 Å². The van der Waals surface area contributed by atoms with Crippen molar-refractivity contribution in [1.29, 1.82) is 0 Å². The van der Waals surface area contributed by atoms with Gasteiger partial charge in [-0.2, -0.15) is 0 Å². The van der Waals surface area contributed by atoms with Crippen LogP contribution in [0.2, 0.25) is 0 Å². The molecule has 1 atom stereocenters. The van der Waals surface area contributed by atoms with Crippen LogP contribution in [0.1, 0.15) is 26.0 Å². The Bertz CT molecular complexity index is 366. The minimum Gasteiger partial charge on any atom is -0.480 e. The largest absolute Gasteiger partial charge is 0.480 e. The van der Waals surface area contributed by atoms with Gasteiger partial charge in [-0.3, -0.25) is 9.78 Å². The van der Waals surface area contributed by atoms with Gasteiger partial charge in [-0.1, -0.05) is 6.92 Å². The van der Waals surface area contributed by atoms with Crippen molar-refractivity contribution in [2.24, 2.45) is 0 Å². The number of pyridine rings is 1. The number of anilines is 1. The summed E-state index contributed by atoms with van der Waals surface area (Å²) in [5.41, 5.74) is 1.82. The van der Waals surface area contributed by atoms with E-state index in [1.807, 2.05) is 37.8 Å². The van der Waals surface area contributed by atoms with Crippen LogP contribution in [-0.4, -0.2) is 28.6 Å². The van der Waals surface area contributed by atoms with E-state index in [0.29, 0.717) is 0 Å². The van der Waals surface area contributed by atoms with Crippen molar-refractivity contribution in [2.45, 2.75) is 33.2 Å². The minimum atomic E-state index is -0.810. The first-order valence-corrected chi connectivity index (χ1v) is 5.45. The van der Waals surface area contributed by atoms with Gasteiger partial charge in [0, 0.05) is 23.6 Å². The van der Waals surface area contributed by atoms with E-state index in [1.165, 1.54) is 0 Å². The molecule has 1 aromatic heterocycles. The molecule has 0 amide bonds. The van der Waals surface area contributed by atoms with E-state index in [2.05, 4.69) is 4.98 Å². The molecule has 0 aliphatic heterocycles. The molecule has 4 heteroatoms. The van der Waals surface area contributed by atoms with Gasteiger partial charge in [0.25, 0.3) is 0 Å². The Morgan fingerprint density at radius 3 is 2.81 bits per heavy atom. The first-order valence-electron chi connectivity index (χ1n) is 5.45. The van der Waals surface area contributed by atoms with E-state index in [4.69, 9.17) is 5.11 Å². The van der Waals surface area contributed by atoms with Crippen LogP contribution >= 0.6 is 0 Å². The van der Waals surface area contributed by atoms with Crippen LogP contribution < -0.4 is 4.90 Å². The molecule has 0 spiro atoms. The minimum absolute atomic E-state index is 0.0262. The maximum Gasteiger partial charge on any atom is 0.323 e. The highest BCUT2D eigenvalue weighted by molar-refractivity contribution is 5.74. The van der Waals surface area contributed by atoms with E-state index >= 15 is 0 Å². The van der Waals surface area contributed by atoms with Gasteiger partial charge in [0.15, 0.2) is 0 Å². The topological polar surface area (TPSA) is 53.4 Å². The van der Waals surface area contributed by atoms with Crippen molar-refractivity contribution < 1.29 is 9.90 Å². The Morgan fingerprint density at radius 2 is 2.31 bits per heavy atom. The third kappa shape index (κ3) is 3.22. The fourth-order valence-corrected chi connectivity index (χ4v) is 1.58. The Morgan fingerprint density at radius 1 is 1.62 bits per heavy atom. The lowest BCUT2D eigenvalue weighted by Crippen LogP contribution is -2.37. The molecule has 1 unspecified atom stereocenters. The molecule has 0 fully saturated rings. The maximum atomic E-state index is 10.8. The second-order valence-corrected chi connectivity index (χ2v) is 3.93. The zero-order valence-corrected chi connectivity index (χ0v) is 9.97. The third-order valence-corrected chi connectivity index (χ3v) is 2.64. The quantitative estimate of drug-likeness (QED) is 0.828. The van der Waals surface area contributed by atoms with Crippen molar-refractivity contribution in [3.8, 4) is 0 Å². The highest BCUT2D eigenvalue weighted by Crippen LogP contribution is 2.18. The molecule has 1 aromatic rings. The molecule has 1 N–H and O–H groups in total. The van der Waals surface area contributed by atoms with Gasteiger partial charge in [-0.25, -0.2) is 0 Å². The molecule has 4 nitrogen and oxygen atoms in total. The van der Waals surface area contributed by atoms with Gasteiger partial charge in [0.05, 0.1) is 0 Å². The number of aromatic nitrogens is 1. The van der Waals surface area contributed by atoms with E-state index in [9.17, 15) is 4.79 Å². The van der Waals surface area contributed by atoms with Gasteiger partial charge in [-0.15, -0.1) is 0 Å². The number of carboxylic acid groups (broad SMARTS) is 1. The summed E-state index contributed by atoms with van der Waals surface area (Å²) in [5, 5.41) is 8.90. The van der Waals surface area contributed by atoms with Crippen molar-refractivity contribution in [3.05, 3.63) is 24.0 Å². The molecule has 0 bridgehead atoms. The number of aryl methyl sites for hydroxylation is 1. The SMILES string of the molecule is CCC(C)N(CC(=O)O)c1ccnc(C)c1. The van der Waals surface area contributed by atoms with Gasteiger partial charge >= 0.3 is 5.97 Å². The van der Waals surface area contributed by atoms with Crippen LogP contribution in [0.3, 0.4) is 0 Å². The van der Waals surface area contributed by atoms with Gasteiger partial charge in [0.1, 0.15) is 6.54 Å². The summed E-state index contributed by atoms with van der Waals surface area (Å²) in [4.78, 5) is 16.8. The predicted molar refractivity (Wildman–Crippen MR) is 63.7 cm³/mol. The fraction of sp³-hybridized carbons (Fsp3) is 0.500. The van der Waals surface area contributed by atoms with Crippen molar-refractivity contribution >= 4 is 11.7 Å². The van der Waals surface area contributed by atoms with Crippen LogP contribution in [0.5, 0.6) is 0 Å². The van der Waals surface area contributed by atoms with Crippen LogP contribution in [0.25, 0.3) is 0 Å². The molecular formula is C12H18N2O2. The van der Waals surface area contributed by atoms with Crippen molar-refractivity contribution in [1.82, 2.24) is 4.98 Å². The average Bonchev–Trinajstić information content (AvgIpc) is 2.24. The lowest BCUT2D eigenvalue weighted by Gasteiger charge is -2.29. The standard InChI is InChI=1S/C12H18N2O2/c1-4-10(3)14(8-12(15)16)11-5-6-13-9(2)7-11/h5-7,10H,4,8H2,1-3H3,(H,15,16). The number of aliphatic carboxylic acids is 1. The Labute approximate surface area is 95.9 Å². The van der Waals surface area contributed by atoms with E-state index < -0.39 is 5.97 Å². The number of hydrogen-bond acceptors (Lipinski definition) is 3. The number of nitrogens with zero attached hydrogens (tertiary/aromatic N) is 2. The summed E-state index contributed by atoms with van der Waals surface area (Å²) in [7, 11) is 0. The highest BCUT2D eigenvalue weighted by Gasteiger charge is 2.16. The first kappa shape index (κ1) is 12.5. The zero-order valence-electron chi connectivity index (χ0n) is 9.97. The maximum absolute atomic E-state index is 10.8. The normalized spacial score (nSPS) is 12.2. The first-order chi connectivity index (χ1) is 7.54. The lowest BCUT2D eigenvalue weighted by atomic mass is 10.2. The second kappa shape index (κ2) is 5.49. The van der Waals surface area contributed by atoms with E-state index in [-0.39, 0.29) is 12.6 Å². The highest BCUT2D eigenvalue weighted by atomic mass is 16.4. The molecule has 0 saturated heterocycles. The second-order valence-electron chi connectivity index (χ2n) is 3.93. The Balaban J connectivity index is 2.95. The molecule has 1 heterocycles. The van der Waals surface area contributed by atoms with Crippen LogP contribution in [0.15, 0.2) is 18.3 Å². The summed E-state index contributed by atoms with van der Waals surface area (Å²) < 4.78 is 0. The lowest BCUT2D eigenvalue weighted by molar-refractivity contribution is -0.135. The Kier molecular flexibility index (Phi) is 4.28. The molecule has 16 heavy (non-hydrogen) atoms. The molecule has 0 radical (unpaired) electrons. The fourth-order valence-electron chi connectivity index (χ4n) is 1.58. The van der Waals surface area contributed by atoms with Crippen LogP contribution in [0.4, 0.5) is 5.69 Å². The molecule has 0 saturated carbocycles. The third-order valence-electron chi connectivity index (χ3n) is 2.64. The molecular weight excluding hydrogens is 204 g/mol. The van der Waals surface area contributed by atoms with Gasteiger partial charge in [0.2, 0.25) is 0 Å². The molecule has 0 aromatic carbocycles. The number of rotatable bonds is 5. The van der Waals surface area contributed by atoms with Crippen LogP contribution in [-0.2, 0) is 4.79 Å². The van der Waals surface area contributed by atoms with Crippen LogP contribution in [0, 0.1) is 6.92 Å². The van der Waals surface area contributed by atoms with Crippen molar-refractivity contribution in [2.75, 3.05) is 11.4 Å². The van der Waals surface area contributed by atoms with E-state index in [0.717, 1.165) is 17.8 Å². The molecule has 0 aliphatic rings. The number of carbonyl (C=O) groups is 1. The summed E-state index contributed by atoms with van der Waals surface area (Å²) in [6, 6.07) is 3.97. The smallest absolute Gasteiger partial charge is 0.323 e. The average molecular weight is 222 g/mol. The summed E-state index contributed by atoms with van der Waals surface area (Å²) in [6.07, 6.45) is 2.62. The zero-order chi connectivity index (χ0) is 12.1. The summed E-state index contributed by atoms with van der Waals surface area (Å²) in [5.74, 6) is -0.810. The van der Waals surface area contributed by atoms with Gasteiger partial charge < -0.3 is 10.0 Å². The number of carboxylic acids is 1. The van der Waals surface area contributed by atoms with Crippen molar-refractivity contribution in [3.63, 3.8) is 0 Å². The Hall–Kier alpha value is -1.58. The monoisotopic (exact) mass is 222 g/mol.